The summed E-state index contributed by atoms with van der Waals surface area (Å²) in [6, 6.07) is 7.19. The topological polar surface area (TPSA) is 78.6 Å². The van der Waals surface area contributed by atoms with Gasteiger partial charge in [0.1, 0.15) is 0 Å². The number of aliphatic hydroxyl groups excluding tert-OH is 1. The highest BCUT2D eigenvalue weighted by Gasteiger charge is 2.10. The van der Waals surface area contributed by atoms with Gasteiger partial charge in [0.05, 0.1) is 6.61 Å². The number of carbonyl (C=O) groups is 1. The maximum atomic E-state index is 11.8. The first kappa shape index (κ1) is 13.5. The maximum Gasteiger partial charge on any atom is 0.321 e. The van der Waals surface area contributed by atoms with E-state index in [-0.39, 0.29) is 12.6 Å². The van der Waals surface area contributed by atoms with Gasteiger partial charge in [0.15, 0.2) is 0 Å². The fraction of sp³-hybridized carbons (Fsp3) is 0.417. The second kappa shape index (κ2) is 6.88. The molecule has 0 heterocycles. The van der Waals surface area contributed by atoms with Gasteiger partial charge in [0.2, 0.25) is 0 Å². The largest absolute Gasteiger partial charge is 0.395 e. The molecule has 1 rings (SSSR count). The van der Waals surface area contributed by atoms with Gasteiger partial charge >= 0.3 is 6.03 Å². The van der Waals surface area contributed by atoms with Gasteiger partial charge in [0.25, 0.3) is 0 Å². The molecule has 0 bridgehead atoms. The quantitative estimate of drug-likeness (QED) is 0.714. The molecular weight excluding hydrogens is 218 g/mol. The zero-order valence-corrected chi connectivity index (χ0v) is 10.0. The lowest BCUT2D eigenvalue weighted by Crippen LogP contribution is -2.36. The lowest BCUT2D eigenvalue weighted by atomic mass is 10.2. The smallest absolute Gasteiger partial charge is 0.321 e. The first-order chi connectivity index (χ1) is 8.21. The van der Waals surface area contributed by atoms with E-state index in [1.165, 1.54) is 4.90 Å². The zero-order chi connectivity index (χ0) is 12.7. The van der Waals surface area contributed by atoms with Crippen molar-refractivity contribution < 1.29 is 9.90 Å². The molecular formula is C12H19N3O2. The van der Waals surface area contributed by atoms with Crippen molar-refractivity contribution in [2.75, 3.05) is 25.0 Å². The van der Waals surface area contributed by atoms with Gasteiger partial charge < -0.3 is 21.1 Å². The Morgan fingerprint density at radius 2 is 2.29 bits per heavy atom. The molecule has 0 saturated heterocycles. The average molecular weight is 237 g/mol. The molecule has 1 aromatic carbocycles. The van der Waals surface area contributed by atoms with Crippen molar-refractivity contribution >= 4 is 11.7 Å². The van der Waals surface area contributed by atoms with Crippen molar-refractivity contribution in [1.29, 1.82) is 0 Å². The molecule has 0 fully saturated rings. The van der Waals surface area contributed by atoms with E-state index in [1.807, 2.05) is 31.2 Å². The minimum absolute atomic E-state index is 0.0376. The van der Waals surface area contributed by atoms with E-state index in [1.54, 1.807) is 0 Å². The van der Waals surface area contributed by atoms with Crippen LogP contribution in [0.5, 0.6) is 0 Å². The summed E-state index contributed by atoms with van der Waals surface area (Å²) in [5, 5.41) is 11.6. The lowest BCUT2D eigenvalue weighted by molar-refractivity contribution is 0.192. The van der Waals surface area contributed by atoms with Crippen molar-refractivity contribution in [1.82, 2.24) is 4.90 Å². The predicted octanol–water partition coefficient (Wildman–Crippen LogP) is 0.991. The molecule has 5 heteroatoms. The summed E-state index contributed by atoms with van der Waals surface area (Å²) < 4.78 is 0. The fourth-order valence-corrected chi connectivity index (χ4v) is 1.50. The number of nitrogens with zero attached hydrogens (tertiary/aromatic N) is 1. The highest BCUT2D eigenvalue weighted by atomic mass is 16.3. The van der Waals surface area contributed by atoms with E-state index in [4.69, 9.17) is 10.8 Å². The van der Waals surface area contributed by atoms with Crippen LogP contribution in [-0.2, 0) is 6.54 Å². The second-order valence-electron chi connectivity index (χ2n) is 3.64. The molecule has 0 spiro atoms. The van der Waals surface area contributed by atoms with Gasteiger partial charge in [0, 0.05) is 25.3 Å². The molecule has 0 aliphatic carbocycles. The Hall–Kier alpha value is -1.59. The van der Waals surface area contributed by atoms with Gasteiger partial charge in [-0.2, -0.15) is 0 Å². The predicted molar refractivity (Wildman–Crippen MR) is 67.7 cm³/mol. The Bertz CT molecular complexity index is 369. The Kier molecular flexibility index (Phi) is 5.45. The summed E-state index contributed by atoms with van der Waals surface area (Å²) in [6.45, 7) is 3.16. The molecule has 0 aliphatic rings. The van der Waals surface area contributed by atoms with Crippen LogP contribution in [0.2, 0.25) is 0 Å². The molecule has 0 unspecified atom stereocenters. The van der Waals surface area contributed by atoms with Crippen LogP contribution in [0.4, 0.5) is 10.5 Å². The summed E-state index contributed by atoms with van der Waals surface area (Å²) in [5.74, 6) is 0. The van der Waals surface area contributed by atoms with E-state index in [0.29, 0.717) is 25.3 Å². The average Bonchev–Trinajstić information content (AvgIpc) is 2.36. The maximum absolute atomic E-state index is 11.8. The number of anilines is 1. The zero-order valence-electron chi connectivity index (χ0n) is 10.0. The Morgan fingerprint density at radius 3 is 2.88 bits per heavy atom. The first-order valence-corrected chi connectivity index (χ1v) is 5.67. The monoisotopic (exact) mass is 237 g/mol. The van der Waals surface area contributed by atoms with Crippen molar-refractivity contribution in [3.8, 4) is 0 Å². The van der Waals surface area contributed by atoms with E-state index >= 15 is 0 Å². The minimum atomic E-state index is -0.212. The molecule has 0 aliphatic heterocycles. The van der Waals surface area contributed by atoms with Crippen LogP contribution in [0.3, 0.4) is 0 Å². The van der Waals surface area contributed by atoms with Gasteiger partial charge in [-0.05, 0) is 24.6 Å². The number of nitrogens with two attached hydrogens (primary N) is 1. The van der Waals surface area contributed by atoms with Crippen molar-refractivity contribution in [3.05, 3.63) is 29.8 Å². The molecule has 0 atom stereocenters. The van der Waals surface area contributed by atoms with E-state index in [9.17, 15) is 4.79 Å². The molecule has 4 N–H and O–H groups in total. The van der Waals surface area contributed by atoms with E-state index in [0.717, 1.165) is 5.56 Å². The van der Waals surface area contributed by atoms with E-state index < -0.39 is 0 Å². The number of amides is 2. The van der Waals surface area contributed by atoms with Gasteiger partial charge in [-0.25, -0.2) is 4.79 Å². The van der Waals surface area contributed by atoms with Crippen LogP contribution in [0, 0.1) is 0 Å². The van der Waals surface area contributed by atoms with Gasteiger partial charge in [-0.1, -0.05) is 12.1 Å². The summed E-state index contributed by atoms with van der Waals surface area (Å²) in [4.78, 5) is 13.3. The number of aliphatic hydroxyl groups is 1. The fourth-order valence-electron chi connectivity index (χ4n) is 1.50. The summed E-state index contributed by atoms with van der Waals surface area (Å²) in [6.07, 6.45) is 0. The molecule has 0 saturated carbocycles. The van der Waals surface area contributed by atoms with Gasteiger partial charge in [-0.3, -0.25) is 0 Å². The van der Waals surface area contributed by atoms with Crippen LogP contribution in [0.25, 0.3) is 0 Å². The molecule has 0 aromatic heterocycles. The van der Waals surface area contributed by atoms with Crippen LogP contribution >= 0.6 is 0 Å². The van der Waals surface area contributed by atoms with Gasteiger partial charge in [-0.15, -0.1) is 0 Å². The standard InChI is InChI=1S/C12H19N3O2/c1-2-15(6-7-16)12(17)14-11-5-3-4-10(8-11)9-13/h3-5,8,16H,2,6-7,9,13H2,1H3,(H,14,17). The first-order valence-electron chi connectivity index (χ1n) is 5.67. The third-order valence-corrected chi connectivity index (χ3v) is 2.45. The minimum Gasteiger partial charge on any atom is -0.395 e. The summed E-state index contributed by atoms with van der Waals surface area (Å²) in [7, 11) is 0. The second-order valence-corrected chi connectivity index (χ2v) is 3.64. The van der Waals surface area contributed by atoms with Crippen LogP contribution in [0.1, 0.15) is 12.5 Å². The Morgan fingerprint density at radius 1 is 1.53 bits per heavy atom. The molecule has 5 nitrogen and oxygen atoms in total. The molecule has 2 amide bonds. The number of carbonyl (C=O) groups excluding carboxylic acids is 1. The number of rotatable bonds is 5. The van der Waals surface area contributed by atoms with Crippen molar-refractivity contribution in [2.45, 2.75) is 13.5 Å². The molecule has 1 aromatic rings. The Labute approximate surface area is 101 Å². The van der Waals surface area contributed by atoms with E-state index in [2.05, 4.69) is 5.32 Å². The number of likely N-dealkylation sites (N-methyl/N-ethyl adjacent to an activating group) is 1. The number of nitrogens with one attached hydrogen (secondary N) is 1. The summed E-state index contributed by atoms with van der Waals surface area (Å²) in [5.41, 5.74) is 7.21. The molecule has 0 radical (unpaired) electrons. The highest BCUT2D eigenvalue weighted by molar-refractivity contribution is 5.89. The third kappa shape index (κ3) is 4.05. The van der Waals surface area contributed by atoms with Crippen molar-refractivity contribution in [3.63, 3.8) is 0 Å². The number of benzene rings is 1. The number of hydrogen-bond acceptors (Lipinski definition) is 3. The molecule has 94 valence electrons. The van der Waals surface area contributed by atoms with Crippen LogP contribution in [0.15, 0.2) is 24.3 Å². The SMILES string of the molecule is CCN(CCO)C(=O)Nc1cccc(CN)c1. The normalized spacial score (nSPS) is 10.1. The van der Waals surface area contributed by atoms with Crippen molar-refractivity contribution in [2.24, 2.45) is 5.73 Å². The lowest BCUT2D eigenvalue weighted by Gasteiger charge is -2.20. The van der Waals surface area contributed by atoms with Crippen LogP contribution < -0.4 is 11.1 Å². The summed E-state index contributed by atoms with van der Waals surface area (Å²) >= 11 is 0. The number of urea groups is 1. The molecule has 17 heavy (non-hydrogen) atoms. The Balaban J connectivity index is 2.65. The van der Waals surface area contributed by atoms with Crippen LogP contribution in [-0.4, -0.2) is 35.7 Å². The third-order valence-electron chi connectivity index (χ3n) is 2.45. The highest BCUT2D eigenvalue weighted by Crippen LogP contribution is 2.10. The number of hydrogen-bond donors (Lipinski definition) is 3.